The Labute approximate surface area is 103 Å². The van der Waals surface area contributed by atoms with E-state index in [1.54, 1.807) is 0 Å². The van der Waals surface area contributed by atoms with Crippen LogP contribution in [0.3, 0.4) is 0 Å². The van der Waals surface area contributed by atoms with Gasteiger partial charge in [-0.25, -0.2) is 4.98 Å². The zero-order valence-electron chi connectivity index (χ0n) is 8.93. The zero-order valence-corrected chi connectivity index (χ0v) is 9.68. The number of nitrogens with zero attached hydrogens (tertiary/aromatic N) is 3. The van der Waals surface area contributed by atoms with Gasteiger partial charge in [0, 0.05) is 6.54 Å². The predicted molar refractivity (Wildman–Crippen MR) is 59.9 cm³/mol. The summed E-state index contributed by atoms with van der Waals surface area (Å²) in [6, 6.07) is 0.127. The second-order valence-electron chi connectivity index (χ2n) is 3.88. The van der Waals surface area contributed by atoms with E-state index in [0.29, 0.717) is 44.2 Å². The second kappa shape index (κ2) is 4.12. The highest BCUT2D eigenvalue weighted by atomic mass is 35.5. The maximum absolute atomic E-state index is 10.9. The number of aromatic nitrogens is 2. The average molecular weight is 256 g/mol. The third-order valence-corrected chi connectivity index (χ3v) is 3.05. The summed E-state index contributed by atoms with van der Waals surface area (Å²) in [4.78, 5) is 21.0. The van der Waals surface area contributed by atoms with Gasteiger partial charge in [0.05, 0.1) is 19.3 Å². The molecule has 3 heterocycles. The first kappa shape index (κ1) is 10.7. The molecule has 1 unspecified atom stereocenters. The van der Waals surface area contributed by atoms with E-state index in [-0.39, 0.29) is 17.0 Å². The minimum atomic E-state index is 0.0570. The van der Waals surface area contributed by atoms with Gasteiger partial charge in [0.15, 0.2) is 23.5 Å². The fourth-order valence-electron chi connectivity index (χ4n) is 2.09. The monoisotopic (exact) mass is 255 g/mol. The van der Waals surface area contributed by atoms with Crippen molar-refractivity contribution in [2.45, 2.75) is 6.04 Å². The van der Waals surface area contributed by atoms with Gasteiger partial charge in [0.25, 0.3) is 0 Å². The summed E-state index contributed by atoms with van der Waals surface area (Å²) in [6.45, 7) is 2.41. The lowest BCUT2D eigenvalue weighted by atomic mass is 10.2. The van der Waals surface area contributed by atoms with E-state index < -0.39 is 0 Å². The van der Waals surface area contributed by atoms with Crippen LogP contribution in [0.2, 0.25) is 5.28 Å². The quantitative estimate of drug-likeness (QED) is 0.539. The van der Waals surface area contributed by atoms with Crippen molar-refractivity contribution in [2.24, 2.45) is 0 Å². The van der Waals surface area contributed by atoms with Gasteiger partial charge in [0.2, 0.25) is 5.28 Å². The number of carbonyl (C=O) groups is 1. The Morgan fingerprint density at radius 2 is 2.29 bits per heavy atom. The van der Waals surface area contributed by atoms with E-state index >= 15 is 0 Å². The van der Waals surface area contributed by atoms with Crippen LogP contribution in [0.25, 0.3) is 0 Å². The van der Waals surface area contributed by atoms with Crippen LogP contribution in [0.5, 0.6) is 5.75 Å². The van der Waals surface area contributed by atoms with Crippen LogP contribution in [0.4, 0.5) is 5.82 Å². The Morgan fingerprint density at radius 3 is 3.12 bits per heavy atom. The molecule has 2 aliphatic rings. The molecule has 1 atom stereocenters. The van der Waals surface area contributed by atoms with Crippen molar-refractivity contribution in [3.8, 4) is 5.75 Å². The molecule has 1 fully saturated rings. The number of rotatable bonds is 1. The Kier molecular flexibility index (Phi) is 2.60. The van der Waals surface area contributed by atoms with Crippen molar-refractivity contribution >= 4 is 23.7 Å². The molecule has 17 heavy (non-hydrogen) atoms. The molecule has 0 aromatic carbocycles. The molecule has 0 bridgehead atoms. The van der Waals surface area contributed by atoms with Crippen LogP contribution >= 0.6 is 11.6 Å². The highest BCUT2D eigenvalue weighted by Gasteiger charge is 2.33. The van der Waals surface area contributed by atoms with E-state index in [1.807, 2.05) is 0 Å². The second-order valence-corrected chi connectivity index (χ2v) is 4.22. The lowest BCUT2D eigenvalue weighted by Gasteiger charge is -2.40. The van der Waals surface area contributed by atoms with Crippen molar-refractivity contribution in [3.63, 3.8) is 0 Å². The summed E-state index contributed by atoms with van der Waals surface area (Å²) in [5.41, 5.74) is 0.199. The van der Waals surface area contributed by atoms with E-state index in [4.69, 9.17) is 21.1 Å². The fraction of sp³-hybridized carbons (Fsp3) is 0.500. The number of halogens is 1. The Balaban J connectivity index is 2.09. The zero-order chi connectivity index (χ0) is 11.8. The number of fused-ring (bicyclic) bond motifs is 3. The lowest BCUT2D eigenvalue weighted by Crippen LogP contribution is -2.51. The summed E-state index contributed by atoms with van der Waals surface area (Å²) < 4.78 is 10.9. The largest absolute Gasteiger partial charge is 0.485 e. The number of ether oxygens (including phenoxy) is 2. The molecule has 1 aromatic heterocycles. The van der Waals surface area contributed by atoms with Crippen LogP contribution in [0.1, 0.15) is 10.5 Å². The first-order valence-corrected chi connectivity index (χ1v) is 5.67. The van der Waals surface area contributed by atoms with E-state index in [0.717, 1.165) is 0 Å². The molecule has 90 valence electrons. The summed E-state index contributed by atoms with van der Waals surface area (Å²) in [6.07, 6.45) is 0.632. The molecule has 3 rings (SSSR count). The Bertz CT molecular complexity index is 468. The standard InChI is InChI=1S/C10H10ClN3O3/c11-10-12-7(3-15)8-9(13-10)14-1-2-16-4-6(14)5-17-8/h3,6H,1-2,4-5H2. The molecular weight excluding hydrogens is 246 g/mol. The number of anilines is 1. The summed E-state index contributed by atoms with van der Waals surface area (Å²) in [5.74, 6) is 1.01. The molecule has 0 amide bonds. The highest BCUT2D eigenvalue weighted by Crippen LogP contribution is 2.35. The smallest absolute Gasteiger partial charge is 0.225 e. The molecule has 0 N–H and O–H groups in total. The third kappa shape index (κ3) is 1.73. The van der Waals surface area contributed by atoms with E-state index in [9.17, 15) is 4.79 Å². The first-order valence-electron chi connectivity index (χ1n) is 5.29. The Morgan fingerprint density at radius 1 is 1.41 bits per heavy atom. The number of hydrogen-bond acceptors (Lipinski definition) is 6. The van der Waals surface area contributed by atoms with Gasteiger partial charge in [-0.15, -0.1) is 0 Å². The topological polar surface area (TPSA) is 64.5 Å². The minimum absolute atomic E-state index is 0.0570. The average Bonchev–Trinajstić information content (AvgIpc) is 2.37. The van der Waals surface area contributed by atoms with E-state index in [1.165, 1.54) is 0 Å². The van der Waals surface area contributed by atoms with Crippen LogP contribution in [0.15, 0.2) is 0 Å². The summed E-state index contributed by atoms with van der Waals surface area (Å²) >= 11 is 5.80. The van der Waals surface area contributed by atoms with Gasteiger partial charge >= 0.3 is 0 Å². The van der Waals surface area contributed by atoms with Gasteiger partial charge in [0.1, 0.15) is 6.61 Å². The molecule has 0 aliphatic carbocycles. The van der Waals surface area contributed by atoms with Gasteiger partial charge in [-0.05, 0) is 11.6 Å². The molecule has 2 aliphatic heterocycles. The molecule has 0 saturated carbocycles. The lowest BCUT2D eigenvalue weighted by molar-refractivity contribution is 0.0692. The summed E-state index contributed by atoms with van der Waals surface area (Å²) in [7, 11) is 0. The van der Waals surface area contributed by atoms with Crippen LogP contribution in [-0.4, -0.2) is 48.7 Å². The van der Waals surface area contributed by atoms with Crippen molar-refractivity contribution in [1.82, 2.24) is 9.97 Å². The van der Waals surface area contributed by atoms with Crippen molar-refractivity contribution in [2.75, 3.05) is 31.3 Å². The van der Waals surface area contributed by atoms with Crippen LogP contribution < -0.4 is 9.64 Å². The number of carbonyl (C=O) groups excluding carboxylic acids is 1. The minimum Gasteiger partial charge on any atom is -0.485 e. The van der Waals surface area contributed by atoms with Crippen LogP contribution in [-0.2, 0) is 4.74 Å². The first-order chi connectivity index (χ1) is 8.29. The van der Waals surface area contributed by atoms with E-state index in [2.05, 4.69) is 14.9 Å². The predicted octanol–water partition coefficient (Wildman–Crippen LogP) is 0.540. The van der Waals surface area contributed by atoms with Gasteiger partial charge < -0.3 is 14.4 Å². The molecule has 6 nitrogen and oxygen atoms in total. The third-order valence-electron chi connectivity index (χ3n) is 2.88. The molecule has 0 spiro atoms. The highest BCUT2D eigenvalue weighted by molar-refractivity contribution is 6.28. The van der Waals surface area contributed by atoms with Crippen LogP contribution in [0, 0.1) is 0 Å². The van der Waals surface area contributed by atoms with Gasteiger partial charge in [-0.2, -0.15) is 4.98 Å². The van der Waals surface area contributed by atoms with Gasteiger partial charge in [-0.1, -0.05) is 0 Å². The van der Waals surface area contributed by atoms with Crippen molar-refractivity contribution in [3.05, 3.63) is 11.0 Å². The number of aldehydes is 1. The SMILES string of the molecule is O=Cc1nc(Cl)nc2c1OCC1COCCN21. The summed E-state index contributed by atoms with van der Waals surface area (Å²) in [5, 5.41) is 0.0570. The molecule has 1 saturated heterocycles. The molecule has 0 radical (unpaired) electrons. The number of hydrogen-bond donors (Lipinski definition) is 0. The fourth-order valence-corrected chi connectivity index (χ4v) is 2.26. The normalized spacial score (nSPS) is 22.4. The maximum atomic E-state index is 10.9. The molecule has 7 heteroatoms. The van der Waals surface area contributed by atoms with Gasteiger partial charge in [-0.3, -0.25) is 4.79 Å². The molecular formula is C10H10ClN3O3. The molecule has 1 aromatic rings. The maximum Gasteiger partial charge on any atom is 0.225 e. The van der Waals surface area contributed by atoms with Crippen molar-refractivity contribution < 1.29 is 14.3 Å². The van der Waals surface area contributed by atoms with Crippen molar-refractivity contribution in [1.29, 1.82) is 0 Å². The Hall–Kier alpha value is -1.40. The number of morpholine rings is 1.